The summed E-state index contributed by atoms with van der Waals surface area (Å²) in [5.74, 6) is 0.301. The van der Waals surface area contributed by atoms with E-state index in [0.717, 1.165) is 16.7 Å². The molecule has 0 aliphatic rings. The summed E-state index contributed by atoms with van der Waals surface area (Å²) >= 11 is 0. The Hall–Kier alpha value is -3.07. The number of allylic oxidation sites excluding steroid dienone is 5. The van der Waals surface area contributed by atoms with E-state index in [9.17, 15) is 15.0 Å². The van der Waals surface area contributed by atoms with Crippen molar-refractivity contribution in [2.24, 2.45) is 0 Å². The Balaban J connectivity index is 2.40. The van der Waals surface area contributed by atoms with Crippen LogP contribution >= 0.6 is 0 Å². The molecule has 0 radical (unpaired) electrons. The van der Waals surface area contributed by atoms with Gasteiger partial charge in [0.1, 0.15) is 11.5 Å². The zero-order valence-corrected chi connectivity index (χ0v) is 12.8. The van der Waals surface area contributed by atoms with Gasteiger partial charge in [-0.25, -0.2) is 0 Å². The van der Waals surface area contributed by atoms with Crippen LogP contribution in [-0.2, 0) is 4.79 Å². The molecule has 2 aromatic rings. The minimum absolute atomic E-state index is 0.0838. The van der Waals surface area contributed by atoms with E-state index in [1.54, 1.807) is 67.6 Å². The van der Waals surface area contributed by atoms with Crippen LogP contribution in [0.1, 0.15) is 18.1 Å². The number of hydrogen-bond acceptors (Lipinski definition) is 3. The third-order valence-electron chi connectivity index (χ3n) is 3.21. The van der Waals surface area contributed by atoms with Crippen LogP contribution < -0.4 is 0 Å². The van der Waals surface area contributed by atoms with E-state index >= 15 is 0 Å². The number of ketones is 1. The van der Waals surface area contributed by atoms with Crippen LogP contribution in [0.4, 0.5) is 0 Å². The van der Waals surface area contributed by atoms with Gasteiger partial charge in [0, 0.05) is 0 Å². The molecule has 0 atom stereocenters. The van der Waals surface area contributed by atoms with Gasteiger partial charge in [-0.3, -0.25) is 4.79 Å². The van der Waals surface area contributed by atoms with Crippen LogP contribution in [0.3, 0.4) is 0 Å². The first kappa shape index (κ1) is 16.3. The fourth-order valence-electron chi connectivity index (χ4n) is 2.10. The van der Waals surface area contributed by atoms with Gasteiger partial charge in [0.15, 0.2) is 5.78 Å². The summed E-state index contributed by atoms with van der Waals surface area (Å²) in [5.41, 5.74) is 2.68. The third kappa shape index (κ3) is 4.71. The number of aromatic hydroxyl groups is 2. The molecule has 0 fully saturated rings. The topological polar surface area (TPSA) is 57.5 Å². The molecule has 0 spiro atoms. The lowest BCUT2D eigenvalue weighted by Crippen LogP contribution is -1.88. The molecule has 0 unspecified atom stereocenters. The number of carbonyl (C=O) groups excluding carboxylic acids is 1. The zero-order chi connectivity index (χ0) is 16.7. The van der Waals surface area contributed by atoms with Gasteiger partial charge in [-0.15, -0.1) is 0 Å². The highest BCUT2D eigenvalue weighted by molar-refractivity contribution is 5.99. The maximum Gasteiger partial charge on any atom is 0.178 e. The molecule has 2 aromatic carbocycles. The molecule has 0 saturated heterocycles. The summed E-state index contributed by atoms with van der Waals surface area (Å²) in [6.07, 6.45) is 8.20. The van der Waals surface area contributed by atoms with Crippen LogP contribution in [-0.4, -0.2) is 16.0 Å². The Morgan fingerprint density at radius 3 is 1.74 bits per heavy atom. The van der Waals surface area contributed by atoms with Crippen molar-refractivity contribution in [3.05, 3.63) is 90.0 Å². The van der Waals surface area contributed by atoms with Gasteiger partial charge in [-0.1, -0.05) is 42.5 Å². The molecule has 2 N–H and O–H groups in total. The molecule has 3 heteroatoms. The van der Waals surface area contributed by atoms with Crippen LogP contribution in [0.15, 0.2) is 78.9 Å². The molecule has 0 aliphatic carbocycles. The second kappa shape index (κ2) is 7.80. The average Bonchev–Trinajstić information content (AvgIpc) is 2.54. The Bertz CT molecular complexity index is 701. The summed E-state index contributed by atoms with van der Waals surface area (Å²) in [4.78, 5) is 11.5. The molecule has 23 heavy (non-hydrogen) atoms. The molecular formula is C20H18O3. The quantitative estimate of drug-likeness (QED) is 0.642. The molecule has 116 valence electrons. The zero-order valence-electron chi connectivity index (χ0n) is 12.8. The lowest BCUT2D eigenvalue weighted by molar-refractivity contribution is -0.110. The highest BCUT2D eigenvalue weighted by Gasteiger charge is 2.05. The third-order valence-corrected chi connectivity index (χ3v) is 3.21. The molecule has 0 amide bonds. The van der Waals surface area contributed by atoms with Crippen molar-refractivity contribution in [1.29, 1.82) is 0 Å². The molecular weight excluding hydrogens is 288 g/mol. The normalized spacial score (nSPS) is 11.0. The average molecular weight is 306 g/mol. The summed E-state index contributed by atoms with van der Waals surface area (Å²) in [6.45, 7) is 1.79. The number of benzene rings is 2. The first-order valence-electron chi connectivity index (χ1n) is 7.24. The number of phenolic OH excluding ortho intramolecular Hbond substituents is 2. The van der Waals surface area contributed by atoms with E-state index in [4.69, 9.17) is 0 Å². The van der Waals surface area contributed by atoms with Gasteiger partial charge in [0.25, 0.3) is 0 Å². The molecule has 3 nitrogen and oxygen atoms in total. The van der Waals surface area contributed by atoms with E-state index in [1.807, 2.05) is 6.08 Å². The second-order valence-electron chi connectivity index (χ2n) is 4.94. The predicted molar refractivity (Wildman–Crippen MR) is 92.3 cm³/mol. The van der Waals surface area contributed by atoms with Gasteiger partial charge in [-0.05, 0) is 60.0 Å². The van der Waals surface area contributed by atoms with Crippen LogP contribution in [0, 0.1) is 0 Å². The van der Waals surface area contributed by atoms with E-state index in [0.29, 0.717) is 0 Å². The minimum atomic E-state index is -0.0838. The summed E-state index contributed by atoms with van der Waals surface area (Å²) < 4.78 is 0. The lowest BCUT2D eigenvalue weighted by Gasteiger charge is -2.08. The first-order valence-corrected chi connectivity index (χ1v) is 7.24. The Kier molecular flexibility index (Phi) is 5.53. The second-order valence-corrected chi connectivity index (χ2v) is 4.94. The van der Waals surface area contributed by atoms with Crippen LogP contribution in [0.25, 0.3) is 5.57 Å². The van der Waals surface area contributed by atoms with E-state index < -0.39 is 0 Å². The number of phenols is 2. The summed E-state index contributed by atoms with van der Waals surface area (Å²) in [7, 11) is 0. The van der Waals surface area contributed by atoms with Crippen molar-refractivity contribution in [3.8, 4) is 11.5 Å². The first-order chi connectivity index (χ1) is 11.1. The van der Waals surface area contributed by atoms with Crippen LogP contribution in [0.5, 0.6) is 11.5 Å². The Morgan fingerprint density at radius 2 is 1.30 bits per heavy atom. The molecule has 0 aliphatic heterocycles. The van der Waals surface area contributed by atoms with Crippen molar-refractivity contribution >= 4 is 11.4 Å². The smallest absolute Gasteiger partial charge is 0.178 e. The fourth-order valence-corrected chi connectivity index (χ4v) is 2.10. The highest BCUT2D eigenvalue weighted by atomic mass is 16.3. The van der Waals surface area contributed by atoms with Crippen molar-refractivity contribution in [2.45, 2.75) is 6.92 Å². The maximum atomic E-state index is 11.5. The van der Waals surface area contributed by atoms with Gasteiger partial charge < -0.3 is 10.2 Å². The minimum Gasteiger partial charge on any atom is -0.508 e. The lowest BCUT2D eigenvalue weighted by atomic mass is 9.97. The summed E-state index contributed by atoms with van der Waals surface area (Å²) in [6, 6.07) is 13.6. The molecule has 0 bridgehead atoms. The highest BCUT2D eigenvalue weighted by Crippen LogP contribution is 2.26. The number of carbonyl (C=O) groups is 1. The van der Waals surface area contributed by atoms with Crippen molar-refractivity contribution < 1.29 is 15.0 Å². The molecule has 0 heterocycles. The van der Waals surface area contributed by atoms with E-state index in [-0.39, 0.29) is 17.3 Å². The monoisotopic (exact) mass is 306 g/mol. The fraction of sp³-hybridized carbons (Fsp3) is 0.0500. The molecule has 0 saturated carbocycles. The van der Waals surface area contributed by atoms with Gasteiger partial charge in [0.05, 0.1) is 0 Å². The summed E-state index contributed by atoms with van der Waals surface area (Å²) in [5, 5.41) is 18.9. The van der Waals surface area contributed by atoms with E-state index in [1.165, 1.54) is 12.2 Å². The van der Waals surface area contributed by atoms with Gasteiger partial charge in [0.2, 0.25) is 0 Å². The number of hydrogen-bond donors (Lipinski definition) is 2. The van der Waals surface area contributed by atoms with Crippen molar-refractivity contribution in [1.82, 2.24) is 0 Å². The van der Waals surface area contributed by atoms with Crippen molar-refractivity contribution in [3.63, 3.8) is 0 Å². The largest absolute Gasteiger partial charge is 0.508 e. The standard InChI is InChI=1S/C20H18O3/c1-2-4-17(21)5-3-6-20(15-7-11-18(22)12-8-15)16-9-13-19(23)14-10-16/h2-14,22-23H,1H3/b4-2-,5-3-. The van der Waals surface area contributed by atoms with Crippen molar-refractivity contribution in [2.75, 3.05) is 0 Å². The van der Waals surface area contributed by atoms with Gasteiger partial charge in [-0.2, -0.15) is 0 Å². The Morgan fingerprint density at radius 1 is 0.826 bits per heavy atom. The van der Waals surface area contributed by atoms with Gasteiger partial charge >= 0.3 is 0 Å². The number of rotatable bonds is 5. The van der Waals surface area contributed by atoms with E-state index in [2.05, 4.69) is 0 Å². The maximum absolute atomic E-state index is 11.5. The predicted octanol–water partition coefficient (Wildman–Crippen LogP) is 4.23. The molecule has 2 rings (SSSR count). The SMILES string of the molecule is C/C=C\C(=O)/C=C\C=C(c1ccc(O)cc1)c1ccc(O)cc1. The molecule has 0 aromatic heterocycles. The Labute approximate surface area is 135 Å². The van der Waals surface area contributed by atoms with Crippen LogP contribution in [0.2, 0.25) is 0 Å².